The number of quaternary nitrogens is 1. The van der Waals surface area contributed by atoms with E-state index in [-0.39, 0.29) is 23.0 Å². The Hall–Kier alpha value is -4.63. The number of nitriles is 1. The van der Waals surface area contributed by atoms with Crippen molar-refractivity contribution >= 4 is 5.91 Å². The zero-order chi connectivity index (χ0) is 31.8. The highest BCUT2D eigenvalue weighted by molar-refractivity contribution is 6.00. The van der Waals surface area contributed by atoms with Crippen LogP contribution in [-0.2, 0) is 19.6 Å². The summed E-state index contributed by atoms with van der Waals surface area (Å²) < 4.78 is 45.7. The van der Waals surface area contributed by atoms with E-state index in [0.29, 0.717) is 27.8 Å². The second-order valence-corrected chi connectivity index (χ2v) is 12.2. The first-order valence-corrected chi connectivity index (χ1v) is 14.5. The molecule has 12 heteroatoms. The number of halogens is 3. The first-order valence-electron chi connectivity index (χ1n) is 14.5. The molecule has 9 nitrogen and oxygen atoms in total. The fraction of sp³-hybridized carbons (Fsp3) is 0.375. The number of likely N-dealkylation sites (N-methyl/N-ethyl adjacent to an activating group) is 1. The summed E-state index contributed by atoms with van der Waals surface area (Å²) in [6, 6.07) is 13.5. The van der Waals surface area contributed by atoms with Gasteiger partial charge >= 0.3 is 6.18 Å². The lowest BCUT2D eigenvalue weighted by atomic mass is 10.0. The van der Waals surface area contributed by atoms with Crippen molar-refractivity contribution < 1.29 is 22.4 Å². The molecule has 0 atom stereocenters. The fourth-order valence-electron chi connectivity index (χ4n) is 5.73. The van der Waals surface area contributed by atoms with Gasteiger partial charge in [0, 0.05) is 19.5 Å². The van der Waals surface area contributed by atoms with Crippen molar-refractivity contribution in [2.75, 3.05) is 27.7 Å². The largest absolute Gasteiger partial charge is 0.416 e. The normalized spacial score (nSPS) is 14.1. The van der Waals surface area contributed by atoms with Crippen molar-refractivity contribution in [2.45, 2.75) is 44.3 Å². The average Bonchev–Trinajstić information content (AvgIpc) is 3.70. The number of nitrogens with zero attached hydrogens (tertiary/aromatic N) is 6. The zero-order valence-electron chi connectivity index (χ0n) is 25.1. The maximum absolute atomic E-state index is 14.0. The van der Waals surface area contributed by atoms with E-state index in [1.807, 2.05) is 0 Å². The predicted octanol–water partition coefficient (Wildman–Crippen LogP) is 4.84. The predicted molar refractivity (Wildman–Crippen MR) is 160 cm³/mol. The van der Waals surface area contributed by atoms with Crippen LogP contribution in [0.1, 0.15) is 52.7 Å². The summed E-state index contributed by atoms with van der Waals surface area (Å²) in [4.78, 5) is 27.8. The minimum Gasteiger partial charge on any atom is -0.349 e. The number of rotatable bonds is 8. The Labute approximate surface area is 253 Å². The van der Waals surface area contributed by atoms with Gasteiger partial charge in [-0.25, -0.2) is 9.36 Å². The minimum atomic E-state index is -4.62. The molecule has 1 amide bonds. The maximum Gasteiger partial charge on any atom is 0.416 e. The Morgan fingerprint density at radius 3 is 2.50 bits per heavy atom. The minimum absolute atomic E-state index is 0.0263. The first-order chi connectivity index (χ1) is 20.8. The molecule has 1 aliphatic carbocycles. The van der Waals surface area contributed by atoms with Gasteiger partial charge in [-0.15, -0.1) is 0 Å². The summed E-state index contributed by atoms with van der Waals surface area (Å²) in [5.41, 5.74) is 0.757. The highest BCUT2D eigenvalue weighted by Gasteiger charge is 2.33. The van der Waals surface area contributed by atoms with Crippen molar-refractivity contribution in [3.63, 3.8) is 0 Å². The number of nitrogens with one attached hydrogen (secondary N) is 1. The van der Waals surface area contributed by atoms with Crippen LogP contribution in [0.3, 0.4) is 0 Å². The monoisotopic (exact) mass is 606 g/mol. The molecule has 1 fully saturated rings. The zero-order valence-corrected chi connectivity index (χ0v) is 25.1. The third-order valence-electron chi connectivity index (χ3n) is 7.98. The summed E-state index contributed by atoms with van der Waals surface area (Å²) in [5.74, 6) is -0.587. The second kappa shape index (κ2) is 11.8. The van der Waals surface area contributed by atoms with Crippen LogP contribution in [0.4, 0.5) is 13.2 Å². The second-order valence-electron chi connectivity index (χ2n) is 12.2. The van der Waals surface area contributed by atoms with Gasteiger partial charge in [0.1, 0.15) is 11.3 Å². The molecular weight excluding hydrogens is 571 g/mol. The van der Waals surface area contributed by atoms with E-state index in [9.17, 15) is 28.0 Å². The van der Waals surface area contributed by atoms with Crippen LogP contribution < -0.4 is 10.9 Å². The Morgan fingerprint density at radius 1 is 1.11 bits per heavy atom. The van der Waals surface area contributed by atoms with Gasteiger partial charge in [-0.3, -0.25) is 14.3 Å². The Bertz CT molecular complexity index is 1800. The topological polar surface area (TPSA) is 97.6 Å². The number of aromatic nitrogens is 4. The lowest BCUT2D eigenvalue weighted by Crippen LogP contribution is -2.36. The van der Waals surface area contributed by atoms with Crippen LogP contribution in [0.25, 0.3) is 22.8 Å². The van der Waals surface area contributed by atoms with Crippen LogP contribution in [-0.4, -0.2) is 63.3 Å². The number of amides is 1. The molecule has 2 heterocycles. The Kier molecular flexibility index (Phi) is 8.27. The van der Waals surface area contributed by atoms with E-state index in [1.165, 1.54) is 23.9 Å². The van der Waals surface area contributed by atoms with Crippen molar-refractivity contribution in [1.29, 1.82) is 5.26 Å². The molecule has 0 unspecified atom stereocenters. The fourth-order valence-corrected chi connectivity index (χ4v) is 5.73. The standard InChI is InChI=1S/C32H34F3N7O2/c1-39-29(27-14-16-37-40(27)26-13-12-21(20-36)18-22(26)15-17-42(2,3)4)28(30(43)38-24-9-5-6-10-24)31(44)41(39)25-11-7-8-23(19-25)32(33,34)35/h7-8,11-14,16,18-19,24H,5-6,9-10,15,17H2,1-4H3/p+1. The number of carbonyl (C=O) groups excluding carboxylic acids is 1. The first kappa shape index (κ1) is 30.8. The van der Waals surface area contributed by atoms with Gasteiger partial charge in [-0.1, -0.05) is 18.9 Å². The maximum atomic E-state index is 14.0. The van der Waals surface area contributed by atoms with Gasteiger partial charge in [0.2, 0.25) is 0 Å². The van der Waals surface area contributed by atoms with E-state index in [4.69, 9.17) is 0 Å². The molecule has 2 aromatic carbocycles. The molecule has 0 bridgehead atoms. The number of benzene rings is 2. The van der Waals surface area contributed by atoms with Crippen molar-refractivity contribution in [3.8, 4) is 28.8 Å². The lowest BCUT2D eigenvalue weighted by molar-refractivity contribution is -0.870. The van der Waals surface area contributed by atoms with Crippen LogP contribution in [0.5, 0.6) is 0 Å². The molecule has 0 saturated heterocycles. The van der Waals surface area contributed by atoms with Crippen LogP contribution in [0.15, 0.2) is 59.5 Å². The molecule has 5 rings (SSSR count). The van der Waals surface area contributed by atoms with Crippen LogP contribution >= 0.6 is 0 Å². The summed E-state index contributed by atoms with van der Waals surface area (Å²) in [5, 5.41) is 17.1. The molecule has 0 radical (unpaired) electrons. The molecule has 1 aliphatic rings. The third kappa shape index (κ3) is 6.19. The van der Waals surface area contributed by atoms with Gasteiger partial charge in [-0.05, 0) is 60.9 Å². The van der Waals surface area contributed by atoms with Crippen molar-refractivity contribution in [2.24, 2.45) is 7.05 Å². The summed E-state index contributed by atoms with van der Waals surface area (Å²) in [6.07, 6.45) is 1.04. The summed E-state index contributed by atoms with van der Waals surface area (Å²) in [7, 11) is 7.73. The number of hydrogen-bond donors (Lipinski definition) is 1. The van der Waals surface area contributed by atoms with Gasteiger partial charge in [0.15, 0.2) is 0 Å². The molecule has 1 saturated carbocycles. The summed E-state index contributed by atoms with van der Waals surface area (Å²) >= 11 is 0. The number of alkyl halides is 3. The Morgan fingerprint density at radius 2 is 1.84 bits per heavy atom. The van der Waals surface area contributed by atoms with Crippen molar-refractivity contribution in [3.05, 3.63) is 87.3 Å². The highest BCUT2D eigenvalue weighted by atomic mass is 19.4. The molecule has 4 aromatic rings. The molecule has 0 aliphatic heterocycles. The Balaban J connectivity index is 1.71. The van der Waals surface area contributed by atoms with Crippen LogP contribution in [0, 0.1) is 11.3 Å². The average molecular weight is 607 g/mol. The lowest BCUT2D eigenvalue weighted by Gasteiger charge is -2.24. The third-order valence-corrected chi connectivity index (χ3v) is 7.98. The van der Waals surface area contributed by atoms with E-state index < -0.39 is 23.2 Å². The van der Waals surface area contributed by atoms with Gasteiger partial charge in [-0.2, -0.15) is 23.5 Å². The van der Waals surface area contributed by atoms with Crippen LogP contribution in [0.2, 0.25) is 0 Å². The van der Waals surface area contributed by atoms with Gasteiger partial charge < -0.3 is 9.80 Å². The molecule has 2 aromatic heterocycles. The van der Waals surface area contributed by atoms with Gasteiger partial charge in [0.25, 0.3) is 11.5 Å². The van der Waals surface area contributed by atoms with E-state index in [2.05, 4.69) is 37.6 Å². The van der Waals surface area contributed by atoms with Crippen molar-refractivity contribution in [1.82, 2.24) is 24.5 Å². The molecule has 44 heavy (non-hydrogen) atoms. The van der Waals surface area contributed by atoms with Gasteiger partial charge in [0.05, 0.1) is 68.1 Å². The summed E-state index contributed by atoms with van der Waals surface area (Å²) in [6.45, 7) is 0.762. The smallest absolute Gasteiger partial charge is 0.349 e. The van der Waals surface area contributed by atoms with E-state index >= 15 is 0 Å². The van der Waals surface area contributed by atoms with E-state index in [1.54, 1.807) is 35.1 Å². The number of hydrogen-bond acceptors (Lipinski definition) is 4. The molecular formula is C32H35F3N7O2+. The quantitative estimate of drug-likeness (QED) is 0.291. The van der Waals surface area contributed by atoms with E-state index in [0.717, 1.165) is 54.6 Å². The highest BCUT2D eigenvalue weighted by Crippen LogP contribution is 2.32. The molecule has 0 spiro atoms. The number of carbonyl (C=O) groups is 1. The molecule has 230 valence electrons. The SMILES string of the molecule is Cn1c(-c2ccnn2-c2ccc(C#N)cc2CC[N+](C)(C)C)c(C(=O)NC2CCCC2)c(=O)n1-c1cccc(C(F)(F)F)c1. The molecule has 1 N–H and O–H groups in total.